The molecule has 0 saturated heterocycles. The molecule has 1 aromatic carbocycles. The lowest BCUT2D eigenvalue weighted by molar-refractivity contribution is 0.0966. The smallest absolute Gasteiger partial charge is 0.231 e. The lowest BCUT2D eigenvalue weighted by atomic mass is 9.95. The minimum Gasteiger partial charge on any atom is -0.454 e. The third kappa shape index (κ3) is 4.88. The van der Waals surface area contributed by atoms with E-state index in [1.54, 1.807) is 0 Å². The van der Waals surface area contributed by atoms with Gasteiger partial charge in [-0.25, -0.2) is 0 Å². The number of ether oxygens (including phenoxy) is 2. The molecule has 1 unspecified atom stereocenters. The van der Waals surface area contributed by atoms with Gasteiger partial charge in [-0.2, -0.15) is 4.98 Å². The van der Waals surface area contributed by atoms with Crippen molar-refractivity contribution in [2.24, 2.45) is 5.92 Å². The van der Waals surface area contributed by atoms with Gasteiger partial charge in [-0.3, -0.25) is 10.2 Å². The molecule has 5 rings (SSSR count). The van der Waals surface area contributed by atoms with Crippen LogP contribution in [0.2, 0.25) is 0 Å². The van der Waals surface area contributed by atoms with Crippen molar-refractivity contribution in [3.63, 3.8) is 0 Å². The summed E-state index contributed by atoms with van der Waals surface area (Å²) in [5, 5.41) is 12.5. The molecule has 0 radical (unpaired) electrons. The van der Waals surface area contributed by atoms with Crippen LogP contribution in [-0.4, -0.2) is 40.5 Å². The highest BCUT2D eigenvalue weighted by Crippen LogP contribution is 2.36. The fourth-order valence-corrected chi connectivity index (χ4v) is 5.58. The number of fused-ring (bicyclic) bond motifs is 2. The predicted molar refractivity (Wildman–Crippen MR) is 137 cm³/mol. The van der Waals surface area contributed by atoms with Crippen molar-refractivity contribution in [3.8, 4) is 11.5 Å². The van der Waals surface area contributed by atoms with E-state index in [-0.39, 0.29) is 12.6 Å². The van der Waals surface area contributed by atoms with Crippen molar-refractivity contribution in [3.05, 3.63) is 29.5 Å². The third-order valence-electron chi connectivity index (χ3n) is 7.67. The summed E-state index contributed by atoms with van der Waals surface area (Å²) < 4.78 is 13.1. The van der Waals surface area contributed by atoms with E-state index in [1.807, 2.05) is 34.6 Å². The Kier molecular flexibility index (Phi) is 6.97. The summed E-state index contributed by atoms with van der Waals surface area (Å²) in [6.45, 7) is 5.53. The lowest BCUT2D eigenvalue weighted by Gasteiger charge is -2.24. The number of anilines is 2. The average molecular weight is 480 g/mol. The molecular weight excluding hydrogens is 442 g/mol. The lowest BCUT2D eigenvalue weighted by Crippen LogP contribution is -2.32. The zero-order valence-corrected chi connectivity index (χ0v) is 20.9. The van der Waals surface area contributed by atoms with Gasteiger partial charge < -0.3 is 24.3 Å². The Hall–Kier alpha value is -3.03. The highest BCUT2D eigenvalue weighted by molar-refractivity contribution is 6.05. The Morgan fingerprint density at radius 1 is 1.11 bits per heavy atom. The third-order valence-corrected chi connectivity index (χ3v) is 7.67. The molecule has 1 aromatic heterocycles. The van der Waals surface area contributed by atoms with Gasteiger partial charge in [0.25, 0.3) is 0 Å². The number of carbonyl (C=O) groups is 1. The molecule has 8 nitrogen and oxygen atoms in total. The van der Waals surface area contributed by atoms with Gasteiger partial charge in [0.05, 0.1) is 6.54 Å². The number of imidazole rings is 1. The number of amidine groups is 1. The van der Waals surface area contributed by atoms with E-state index >= 15 is 0 Å². The number of nitrogens with one attached hydrogen (secondary N) is 2. The molecule has 0 amide bonds. The molecule has 188 valence electrons. The van der Waals surface area contributed by atoms with Gasteiger partial charge in [0.1, 0.15) is 11.5 Å². The van der Waals surface area contributed by atoms with Crippen molar-refractivity contribution in [1.82, 2.24) is 9.55 Å². The number of aromatic nitrogens is 2. The van der Waals surface area contributed by atoms with Gasteiger partial charge >= 0.3 is 0 Å². The quantitative estimate of drug-likeness (QED) is 0.560. The number of hydrogen-bond acceptors (Lipinski definition) is 6. The fraction of sp³-hybridized carbons (Fsp3) is 0.593. The zero-order chi connectivity index (χ0) is 24.4. The molecule has 0 bridgehead atoms. The first-order valence-corrected chi connectivity index (χ1v) is 13.2. The summed E-state index contributed by atoms with van der Waals surface area (Å²) in [5.41, 5.74) is 1.64. The maximum absolute atomic E-state index is 13.7. The number of Topliss-reactive ketones (excluding diaryl/α,β-unsaturated/α-hetero) is 1. The molecule has 35 heavy (non-hydrogen) atoms. The van der Waals surface area contributed by atoms with E-state index in [4.69, 9.17) is 19.9 Å². The van der Waals surface area contributed by atoms with Gasteiger partial charge in [0.2, 0.25) is 12.7 Å². The molecule has 1 saturated carbocycles. The van der Waals surface area contributed by atoms with Crippen molar-refractivity contribution in [2.45, 2.75) is 84.2 Å². The number of benzene rings is 1. The molecule has 0 spiro atoms. The second-order valence-electron chi connectivity index (χ2n) is 9.99. The summed E-state index contributed by atoms with van der Waals surface area (Å²) in [5.74, 6) is 3.83. The fourth-order valence-electron chi connectivity index (χ4n) is 5.58. The second-order valence-corrected chi connectivity index (χ2v) is 9.99. The highest BCUT2D eigenvalue weighted by Gasteiger charge is 2.31. The second kappa shape index (κ2) is 10.3. The van der Waals surface area contributed by atoms with Crippen LogP contribution in [-0.2, 0) is 6.54 Å². The summed E-state index contributed by atoms with van der Waals surface area (Å²) in [4.78, 5) is 20.7. The molecule has 3 heterocycles. The first-order chi connectivity index (χ1) is 17.1. The predicted octanol–water partition coefficient (Wildman–Crippen LogP) is 5.60. The molecule has 1 fully saturated rings. The Balaban J connectivity index is 1.58. The van der Waals surface area contributed by atoms with Gasteiger partial charge in [-0.1, -0.05) is 38.7 Å². The largest absolute Gasteiger partial charge is 0.454 e. The van der Waals surface area contributed by atoms with E-state index in [0.29, 0.717) is 55.2 Å². The van der Waals surface area contributed by atoms with Crippen molar-refractivity contribution in [2.75, 3.05) is 23.6 Å². The number of nitrogens with zero attached hydrogens (tertiary/aromatic N) is 3. The molecule has 2 aromatic rings. The first kappa shape index (κ1) is 23.7. The standard InChI is InChI=1S/C27H37N5O3/c1-3-18-10-12-21(33)25-26(31(4-2)24(28)15-18)30-27(29-20-8-6-5-7-9-20)32(25)16-19-11-13-22-23(14-19)35-17-34-22/h11,13-14,18,20,28H,3-10,12,15-17H2,1-2H3,(H,29,30). The van der Waals surface area contributed by atoms with Crippen LogP contribution in [0.5, 0.6) is 11.5 Å². The van der Waals surface area contributed by atoms with E-state index < -0.39 is 0 Å². The van der Waals surface area contributed by atoms with Crippen LogP contribution in [0.4, 0.5) is 11.8 Å². The van der Waals surface area contributed by atoms with E-state index in [2.05, 4.69) is 12.2 Å². The van der Waals surface area contributed by atoms with Crippen LogP contribution < -0.4 is 19.7 Å². The van der Waals surface area contributed by atoms with Gasteiger partial charge in [-0.05, 0) is 49.8 Å². The minimum atomic E-state index is 0.108. The summed E-state index contributed by atoms with van der Waals surface area (Å²) in [6.07, 6.45) is 8.85. The molecule has 3 aliphatic rings. The Labute approximate surface area is 207 Å². The zero-order valence-electron chi connectivity index (χ0n) is 20.9. The molecule has 2 N–H and O–H groups in total. The highest BCUT2D eigenvalue weighted by atomic mass is 16.7. The maximum atomic E-state index is 13.7. The SMILES string of the molecule is CCC1CCC(=O)c2c(nc(NC3CCCCC3)n2Cc2ccc3c(c2)OCO3)N(CC)C(=N)C1. The number of ketones is 1. The number of rotatable bonds is 6. The van der Waals surface area contributed by atoms with Crippen LogP contribution in [0.3, 0.4) is 0 Å². The Morgan fingerprint density at radius 2 is 1.91 bits per heavy atom. The molecular formula is C27H37N5O3. The first-order valence-electron chi connectivity index (χ1n) is 13.2. The van der Waals surface area contributed by atoms with Crippen LogP contribution in [0.1, 0.15) is 87.7 Å². The van der Waals surface area contributed by atoms with Crippen LogP contribution in [0, 0.1) is 11.3 Å². The summed E-state index contributed by atoms with van der Waals surface area (Å²) in [6, 6.07) is 6.30. The van der Waals surface area contributed by atoms with Gasteiger partial charge in [0.15, 0.2) is 23.1 Å². The average Bonchev–Trinajstić information content (AvgIpc) is 3.47. The van der Waals surface area contributed by atoms with Crippen LogP contribution in [0.25, 0.3) is 0 Å². The molecule has 8 heteroatoms. The van der Waals surface area contributed by atoms with Gasteiger partial charge in [-0.15, -0.1) is 0 Å². The van der Waals surface area contributed by atoms with Crippen molar-refractivity contribution < 1.29 is 14.3 Å². The maximum Gasteiger partial charge on any atom is 0.231 e. The number of carbonyl (C=O) groups excluding carboxylic acids is 1. The van der Waals surface area contributed by atoms with E-state index in [1.165, 1.54) is 19.3 Å². The molecule has 2 aliphatic heterocycles. The number of hydrogen-bond donors (Lipinski definition) is 2. The van der Waals surface area contributed by atoms with E-state index in [0.717, 1.165) is 48.7 Å². The van der Waals surface area contributed by atoms with Crippen molar-refractivity contribution >= 4 is 23.4 Å². The monoisotopic (exact) mass is 479 g/mol. The molecule has 1 atom stereocenters. The normalized spacial score (nSPS) is 20.9. The molecule has 1 aliphatic carbocycles. The Morgan fingerprint density at radius 3 is 2.69 bits per heavy atom. The summed E-state index contributed by atoms with van der Waals surface area (Å²) in [7, 11) is 0. The van der Waals surface area contributed by atoms with Crippen molar-refractivity contribution in [1.29, 1.82) is 5.41 Å². The minimum absolute atomic E-state index is 0.108. The Bertz CT molecular complexity index is 1090. The van der Waals surface area contributed by atoms with E-state index in [9.17, 15) is 4.79 Å². The van der Waals surface area contributed by atoms with Crippen LogP contribution in [0.15, 0.2) is 18.2 Å². The topological polar surface area (TPSA) is 92.5 Å². The van der Waals surface area contributed by atoms with Crippen LogP contribution >= 0.6 is 0 Å². The summed E-state index contributed by atoms with van der Waals surface area (Å²) >= 11 is 0. The van der Waals surface area contributed by atoms with Gasteiger partial charge in [0, 0.05) is 25.4 Å².